The number of carbonyl (C=O) groups is 2. The third kappa shape index (κ3) is 3.41. The van der Waals surface area contributed by atoms with E-state index in [4.69, 9.17) is 4.74 Å². The molecule has 0 aromatic carbocycles. The van der Waals surface area contributed by atoms with Gasteiger partial charge in [-0.05, 0) is 33.6 Å². The van der Waals surface area contributed by atoms with Crippen LogP contribution >= 0.6 is 0 Å². The van der Waals surface area contributed by atoms with E-state index in [0.29, 0.717) is 12.8 Å². The average Bonchev–Trinajstić information content (AvgIpc) is 3.04. The van der Waals surface area contributed by atoms with Crippen LogP contribution < -0.4 is 0 Å². The molecule has 0 atom stereocenters. The Morgan fingerprint density at radius 3 is 2.10 bits per heavy atom. The maximum atomic E-state index is 12.5. The molecule has 0 radical (unpaired) electrons. The quantitative estimate of drug-likeness (QED) is 0.689. The highest BCUT2D eigenvalue weighted by Gasteiger charge is 2.57. The van der Waals surface area contributed by atoms with Gasteiger partial charge < -0.3 is 9.64 Å². The molecule has 2 fully saturated rings. The lowest BCUT2D eigenvalue weighted by Crippen LogP contribution is -2.60. The summed E-state index contributed by atoms with van der Waals surface area (Å²) in [5.74, 6) is -1.84. The standard InChI is InChI=1S/C13H19F3N2O3/c1-11(2,3)21-10(20)18-7-6-17(8-12(18)4-5-12)9(19)13(14,15)16/h4-8H2,1-3H3. The van der Waals surface area contributed by atoms with E-state index in [0.717, 1.165) is 4.90 Å². The average molecular weight is 308 g/mol. The second-order valence-electron chi connectivity index (χ2n) is 6.58. The smallest absolute Gasteiger partial charge is 0.444 e. The number of hydrogen-bond acceptors (Lipinski definition) is 3. The molecule has 2 aliphatic rings. The first-order valence-electron chi connectivity index (χ1n) is 6.81. The third-order valence-electron chi connectivity index (χ3n) is 3.62. The van der Waals surface area contributed by atoms with Crippen LogP contribution in [0.4, 0.5) is 18.0 Å². The number of hydrogen-bond donors (Lipinski definition) is 0. The topological polar surface area (TPSA) is 49.9 Å². The third-order valence-corrected chi connectivity index (χ3v) is 3.62. The fourth-order valence-corrected chi connectivity index (χ4v) is 2.50. The minimum absolute atomic E-state index is 0.0662. The first-order chi connectivity index (χ1) is 9.45. The number of rotatable bonds is 0. The zero-order chi connectivity index (χ0) is 16.1. The maximum absolute atomic E-state index is 12.5. The number of nitrogens with zero attached hydrogens (tertiary/aromatic N) is 2. The van der Waals surface area contributed by atoms with Crippen LogP contribution in [0.3, 0.4) is 0 Å². The molecule has 1 spiro atoms. The zero-order valence-electron chi connectivity index (χ0n) is 12.3. The maximum Gasteiger partial charge on any atom is 0.471 e. The highest BCUT2D eigenvalue weighted by molar-refractivity contribution is 5.82. The van der Waals surface area contributed by atoms with Gasteiger partial charge >= 0.3 is 18.2 Å². The predicted molar refractivity (Wildman–Crippen MR) is 67.5 cm³/mol. The van der Waals surface area contributed by atoms with Gasteiger partial charge in [-0.15, -0.1) is 0 Å². The lowest BCUT2D eigenvalue weighted by Gasteiger charge is -2.42. The Kier molecular flexibility index (Phi) is 3.62. The molecule has 0 bridgehead atoms. The summed E-state index contributed by atoms with van der Waals surface area (Å²) in [6.07, 6.45) is -4.22. The fourth-order valence-electron chi connectivity index (χ4n) is 2.50. The molecule has 0 N–H and O–H groups in total. The molecule has 0 unspecified atom stereocenters. The van der Waals surface area contributed by atoms with Gasteiger partial charge in [-0.25, -0.2) is 4.79 Å². The van der Waals surface area contributed by atoms with Crippen LogP contribution in [0, 0.1) is 0 Å². The van der Waals surface area contributed by atoms with Crippen molar-refractivity contribution in [3.63, 3.8) is 0 Å². The molecule has 1 heterocycles. The molecule has 1 aliphatic carbocycles. The van der Waals surface area contributed by atoms with E-state index >= 15 is 0 Å². The molecule has 1 saturated heterocycles. The SMILES string of the molecule is CC(C)(C)OC(=O)N1CCN(C(=O)C(F)(F)F)CC12CC2. The molecule has 8 heteroatoms. The van der Waals surface area contributed by atoms with Gasteiger partial charge in [0.15, 0.2) is 0 Å². The lowest BCUT2D eigenvalue weighted by atomic mass is 10.1. The van der Waals surface area contributed by atoms with Crippen molar-refractivity contribution in [3.8, 4) is 0 Å². The summed E-state index contributed by atoms with van der Waals surface area (Å²) in [4.78, 5) is 25.7. The van der Waals surface area contributed by atoms with E-state index in [1.54, 1.807) is 20.8 Å². The number of piperazine rings is 1. The fraction of sp³-hybridized carbons (Fsp3) is 0.846. The van der Waals surface area contributed by atoms with Gasteiger partial charge in [-0.1, -0.05) is 0 Å². The lowest BCUT2D eigenvalue weighted by molar-refractivity contribution is -0.188. The van der Waals surface area contributed by atoms with Gasteiger partial charge in [0.25, 0.3) is 0 Å². The number of amides is 2. The molecular weight excluding hydrogens is 289 g/mol. The van der Waals surface area contributed by atoms with Crippen LogP contribution in [-0.2, 0) is 9.53 Å². The summed E-state index contributed by atoms with van der Waals surface area (Å²) in [5.41, 5.74) is -1.34. The molecule has 120 valence electrons. The van der Waals surface area contributed by atoms with Crippen molar-refractivity contribution in [2.75, 3.05) is 19.6 Å². The van der Waals surface area contributed by atoms with Crippen molar-refractivity contribution >= 4 is 12.0 Å². The van der Waals surface area contributed by atoms with Crippen molar-refractivity contribution < 1.29 is 27.5 Å². The summed E-state index contributed by atoms with van der Waals surface area (Å²) in [6.45, 7) is 5.05. The summed E-state index contributed by atoms with van der Waals surface area (Å²) in [6, 6.07) is 0. The predicted octanol–water partition coefficient (Wildman–Crippen LogP) is 2.16. The Hall–Kier alpha value is -1.47. The second kappa shape index (κ2) is 4.78. The van der Waals surface area contributed by atoms with Crippen LogP contribution in [0.1, 0.15) is 33.6 Å². The monoisotopic (exact) mass is 308 g/mol. The molecule has 1 saturated carbocycles. The summed E-state index contributed by atoms with van der Waals surface area (Å²) < 4.78 is 42.7. The summed E-state index contributed by atoms with van der Waals surface area (Å²) in [5, 5.41) is 0. The Labute approximate surface area is 121 Å². The molecule has 5 nitrogen and oxygen atoms in total. The normalized spacial score (nSPS) is 21.4. The second-order valence-corrected chi connectivity index (χ2v) is 6.58. The van der Waals surface area contributed by atoms with Gasteiger partial charge in [0.1, 0.15) is 5.60 Å². The van der Waals surface area contributed by atoms with Crippen molar-refractivity contribution in [2.45, 2.75) is 50.9 Å². The molecular formula is C13H19F3N2O3. The first-order valence-corrected chi connectivity index (χ1v) is 6.81. The molecule has 2 amide bonds. The minimum Gasteiger partial charge on any atom is -0.444 e. The van der Waals surface area contributed by atoms with Crippen LogP contribution in [0.25, 0.3) is 0 Å². The minimum atomic E-state index is -4.87. The Bertz CT molecular complexity index is 453. The molecule has 0 aromatic heterocycles. The van der Waals surface area contributed by atoms with E-state index in [1.165, 1.54) is 4.90 Å². The van der Waals surface area contributed by atoms with Crippen LogP contribution in [-0.4, -0.2) is 58.8 Å². The van der Waals surface area contributed by atoms with E-state index in [9.17, 15) is 22.8 Å². The van der Waals surface area contributed by atoms with Crippen molar-refractivity contribution in [3.05, 3.63) is 0 Å². The molecule has 21 heavy (non-hydrogen) atoms. The van der Waals surface area contributed by atoms with E-state index in [-0.39, 0.29) is 19.6 Å². The number of ether oxygens (including phenoxy) is 1. The van der Waals surface area contributed by atoms with Gasteiger partial charge in [0, 0.05) is 19.6 Å². The van der Waals surface area contributed by atoms with Gasteiger partial charge in [-0.3, -0.25) is 9.69 Å². The molecule has 0 aromatic rings. The molecule has 2 rings (SSSR count). The number of alkyl halides is 3. The van der Waals surface area contributed by atoms with Gasteiger partial charge in [-0.2, -0.15) is 13.2 Å². The number of carbonyl (C=O) groups excluding carboxylic acids is 2. The molecule has 1 aliphatic heterocycles. The van der Waals surface area contributed by atoms with Gasteiger partial charge in [0.05, 0.1) is 5.54 Å². The van der Waals surface area contributed by atoms with E-state index in [2.05, 4.69) is 0 Å². The highest BCUT2D eigenvalue weighted by Crippen LogP contribution is 2.45. The van der Waals surface area contributed by atoms with Crippen molar-refractivity contribution in [1.29, 1.82) is 0 Å². The Balaban J connectivity index is 2.05. The van der Waals surface area contributed by atoms with Crippen LogP contribution in [0.15, 0.2) is 0 Å². The van der Waals surface area contributed by atoms with E-state index in [1.807, 2.05) is 0 Å². The van der Waals surface area contributed by atoms with Crippen molar-refractivity contribution in [1.82, 2.24) is 9.80 Å². The first kappa shape index (κ1) is 15.9. The van der Waals surface area contributed by atoms with E-state index < -0.39 is 29.3 Å². The van der Waals surface area contributed by atoms with Crippen LogP contribution in [0.5, 0.6) is 0 Å². The van der Waals surface area contributed by atoms with Gasteiger partial charge in [0.2, 0.25) is 0 Å². The number of halogens is 3. The Morgan fingerprint density at radius 1 is 1.10 bits per heavy atom. The Morgan fingerprint density at radius 2 is 1.67 bits per heavy atom. The highest BCUT2D eigenvalue weighted by atomic mass is 19.4. The summed E-state index contributed by atoms with van der Waals surface area (Å²) >= 11 is 0. The summed E-state index contributed by atoms with van der Waals surface area (Å²) in [7, 11) is 0. The van der Waals surface area contributed by atoms with Crippen molar-refractivity contribution in [2.24, 2.45) is 0 Å². The largest absolute Gasteiger partial charge is 0.471 e. The zero-order valence-corrected chi connectivity index (χ0v) is 12.3. The van der Waals surface area contributed by atoms with Crippen LogP contribution in [0.2, 0.25) is 0 Å².